The molecule has 1 aromatic rings. The number of carbonyl (C=O) groups is 1. The fourth-order valence-corrected chi connectivity index (χ4v) is 3.35. The minimum absolute atomic E-state index is 0.0339. The van der Waals surface area contributed by atoms with E-state index >= 15 is 0 Å². The lowest BCUT2D eigenvalue weighted by molar-refractivity contribution is -0.149. The maximum atomic E-state index is 11.8. The van der Waals surface area contributed by atoms with Gasteiger partial charge in [-0.1, -0.05) is 24.1 Å². The number of rotatable bonds is 6. The molecule has 0 heterocycles. The Morgan fingerprint density at radius 3 is 2.76 bits per heavy atom. The van der Waals surface area contributed by atoms with Gasteiger partial charge in [-0.25, -0.2) is 0 Å². The number of benzene rings is 1. The summed E-state index contributed by atoms with van der Waals surface area (Å²) < 4.78 is 10.9. The van der Waals surface area contributed by atoms with Crippen LogP contribution in [0.5, 0.6) is 0 Å². The van der Waals surface area contributed by atoms with E-state index in [2.05, 4.69) is 31.2 Å². The van der Waals surface area contributed by atoms with Crippen molar-refractivity contribution in [2.75, 3.05) is 13.2 Å². The molecule has 2 atom stereocenters. The van der Waals surface area contributed by atoms with Crippen molar-refractivity contribution in [3.05, 3.63) is 29.8 Å². The molecule has 2 unspecified atom stereocenters. The fourth-order valence-electron chi connectivity index (χ4n) is 2.71. The molecule has 0 aliphatic heterocycles. The van der Waals surface area contributed by atoms with Crippen molar-refractivity contribution in [1.29, 1.82) is 0 Å². The molecule has 1 saturated carbocycles. The first-order valence-corrected chi connectivity index (χ1v) is 8.46. The SMILES string of the molecule is CCOC(=O)C1CCCC(COSc2ccc(C)cc2)C1. The number of aryl methyl sites for hydroxylation is 1. The lowest BCUT2D eigenvalue weighted by Crippen LogP contribution is -2.26. The van der Waals surface area contributed by atoms with Gasteiger partial charge in [-0.05, 0) is 51.2 Å². The topological polar surface area (TPSA) is 35.5 Å². The Labute approximate surface area is 131 Å². The molecule has 21 heavy (non-hydrogen) atoms. The van der Waals surface area contributed by atoms with Gasteiger partial charge >= 0.3 is 5.97 Å². The van der Waals surface area contributed by atoms with Gasteiger partial charge in [-0.3, -0.25) is 4.79 Å². The average Bonchev–Trinajstić information content (AvgIpc) is 2.50. The molecule has 1 aromatic carbocycles. The third-order valence-corrected chi connectivity index (χ3v) is 4.60. The molecule has 0 radical (unpaired) electrons. The van der Waals surface area contributed by atoms with E-state index < -0.39 is 0 Å². The summed E-state index contributed by atoms with van der Waals surface area (Å²) in [4.78, 5) is 12.9. The summed E-state index contributed by atoms with van der Waals surface area (Å²) in [6, 6.07) is 8.32. The van der Waals surface area contributed by atoms with Gasteiger partial charge in [0.25, 0.3) is 0 Å². The highest BCUT2D eigenvalue weighted by molar-refractivity contribution is 7.94. The van der Waals surface area contributed by atoms with Gasteiger partial charge in [0, 0.05) is 16.9 Å². The Morgan fingerprint density at radius 1 is 1.29 bits per heavy atom. The molecule has 0 aromatic heterocycles. The second kappa shape index (κ2) is 8.44. The third kappa shape index (κ3) is 5.36. The van der Waals surface area contributed by atoms with Gasteiger partial charge in [-0.2, -0.15) is 0 Å². The van der Waals surface area contributed by atoms with Crippen LogP contribution in [0.4, 0.5) is 0 Å². The van der Waals surface area contributed by atoms with E-state index in [0.29, 0.717) is 19.1 Å². The van der Waals surface area contributed by atoms with Crippen molar-refractivity contribution in [2.24, 2.45) is 11.8 Å². The maximum Gasteiger partial charge on any atom is 0.308 e. The van der Waals surface area contributed by atoms with Crippen molar-refractivity contribution in [3.63, 3.8) is 0 Å². The smallest absolute Gasteiger partial charge is 0.308 e. The highest BCUT2D eigenvalue weighted by atomic mass is 32.2. The van der Waals surface area contributed by atoms with E-state index in [1.165, 1.54) is 17.6 Å². The summed E-state index contributed by atoms with van der Waals surface area (Å²) in [5.41, 5.74) is 1.25. The molecule has 3 nitrogen and oxygen atoms in total. The zero-order valence-electron chi connectivity index (χ0n) is 12.8. The normalized spacial score (nSPS) is 22.0. The van der Waals surface area contributed by atoms with Crippen LogP contribution in [0.3, 0.4) is 0 Å². The molecule has 4 heteroatoms. The standard InChI is InChI=1S/C17H24O3S/c1-3-19-17(18)15-6-4-5-14(11-15)12-20-21-16-9-7-13(2)8-10-16/h7-10,14-15H,3-6,11-12H2,1-2H3. The van der Waals surface area contributed by atoms with Crippen molar-refractivity contribution >= 4 is 18.0 Å². The number of hydrogen-bond donors (Lipinski definition) is 0. The van der Waals surface area contributed by atoms with Gasteiger partial charge in [0.15, 0.2) is 0 Å². The summed E-state index contributed by atoms with van der Waals surface area (Å²) in [5.74, 6) is 0.496. The van der Waals surface area contributed by atoms with Crippen LogP contribution in [-0.4, -0.2) is 19.2 Å². The van der Waals surface area contributed by atoms with Crippen molar-refractivity contribution in [3.8, 4) is 0 Å². The molecule has 0 amide bonds. The van der Waals surface area contributed by atoms with E-state index in [4.69, 9.17) is 8.92 Å². The summed E-state index contributed by atoms with van der Waals surface area (Å²) in [6.45, 7) is 5.11. The number of esters is 1. The predicted octanol–water partition coefficient (Wildman–Crippen LogP) is 4.39. The van der Waals surface area contributed by atoms with Crippen molar-refractivity contribution in [1.82, 2.24) is 0 Å². The second-order valence-electron chi connectivity index (χ2n) is 5.66. The number of ether oxygens (including phenoxy) is 1. The number of hydrogen-bond acceptors (Lipinski definition) is 4. The van der Waals surface area contributed by atoms with E-state index in [-0.39, 0.29) is 11.9 Å². The summed E-state index contributed by atoms with van der Waals surface area (Å²) in [7, 11) is 0. The van der Waals surface area contributed by atoms with Crippen LogP contribution in [0.15, 0.2) is 29.2 Å². The lowest BCUT2D eigenvalue weighted by Gasteiger charge is -2.27. The van der Waals surface area contributed by atoms with Gasteiger partial charge in [0.05, 0.1) is 19.1 Å². The van der Waals surface area contributed by atoms with E-state index in [9.17, 15) is 4.79 Å². The van der Waals surface area contributed by atoms with Crippen LogP contribution in [-0.2, 0) is 13.7 Å². The van der Waals surface area contributed by atoms with Gasteiger partial charge in [-0.15, -0.1) is 0 Å². The molecule has 2 rings (SSSR count). The molecular formula is C17H24O3S. The summed E-state index contributed by atoms with van der Waals surface area (Å²) in [5, 5.41) is 0. The molecule has 1 fully saturated rings. The molecule has 0 N–H and O–H groups in total. The third-order valence-electron chi connectivity index (χ3n) is 3.88. The van der Waals surface area contributed by atoms with E-state index in [0.717, 1.165) is 30.6 Å². The molecule has 1 aliphatic rings. The zero-order chi connectivity index (χ0) is 15.1. The Morgan fingerprint density at radius 2 is 2.05 bits per heavy atom. The molecule has 0 saturated heterocycles. The Balaban J connectivity index is 1.72. The summed E-state index contributed by atoms with van der Waals surface area (Å²) >= 11 is 1.43. The minimum atomic E-state index is -0.0339. The molecule has 1 aliphatic carbocycles. The summed E-state index contributed by atoms with van der Waals surface area (Å²) in [6.07, 6.45) is 4.09. The first-order valence-electron chi connectivity index (χ1n) is 7.71. The molecular weight excluding hydrogens is 284 g/mol. The van der Waals surface area contributed by atoms with Crippen LogP contribution in [0.1, 0.15) is 38.2 Å². The maximum absolute atomic E-state index is 11.8. The zero-order valence-corrected chi connectivity index (χ0v) is 13.7. The van der Waals surface area contributed by atoms with E-state index in [1.54, 1.807) is 0 Å². The van der Waals surface area contributed by atoms with Crippen LogP contribution < -0.4 is 0 Å². The Kier molecular flexibility index (Phi) is 6.58. The Hall–Kier alpha value is -1.00. The largest absolute Gasteiger partial charge is 0.466 e. The average molecular weight is 308 g/mol. The first kappa shape index (κ1) is 16.4. The van der Waals surface area contributed by atoms with Crippen LogP contribution in [0, 0.1) is 18.8 Å². The highest BCUT2D eigenvalue weighted by Gasteiger charge is 2.28. The van der Waals surface area contributed by atoms with Gasteiger partial charge in [0.2, 0.25) is 0 Å². The fraction of sp³-hybridized carbons (Fsp3) is 0.588. The van der Waals surface area contributed by atoms with Crippen molar-refractivity contribution in [2.45, 2.75) is 44.4 Å². The highest BCUT2D eigenvalue weighted by Crippen LogP contribution is 2.31. The number of carbonyl (C=O) groups excluding carboxylic acids is 1. The minimum Gasteiger partial charge on any atom is -0.466 e. The molecule has 0 spiro atoms. The molecule has 116 valence electrons. The second-order valence-corrected chi connectivity index (χ2v) is 6.54. The monoisotopic (exact) mass is 308 g/mol. The predicted molar refractivity (Wildman–Crippen MR) is 85.1 cm³/mol. The lowest BCUT2D eigenvalue weighted by atomic mass is 9.82. The van der Waals surface area contributed by atoms with Gasteiger partial charge < -0.3 is 8.92 Å². The molecule has 0 bridgehead atoms. The van der Waals surface area contributed by atoms with E-state index in [1.807, 2.05) is 6.92 Å². The Bertz CT molecular complexity index is 444. The van der Waals surface area contributed by atoms with Crippen LogP contribution in [0.2, 0.25) is 0 Å². The quantitative estimate of drug-likeness (QED) is 0.577. The first-order chi connectivity index (χ1) is 10.2. The van der Waals surface area contributed by atoms with Crippen LogP contribution >= 0.6 is 12.0 Å². The van der Waals surface area contributed by atoms with Crippen LogP contribution in [0.25, 0.3) is 0 Å². The van der Waals surface area contributed by atoms with Gasteiger partial charge in [0.1, 0.15) is 0 Å². The van der Waals surface area contributed by atoms with Crippen molar-refractivity contribution < 1.29 is 13.7 Å².